The van der Waals surface area contributed by atoms with Crippen molar-refractivity contribution in [3.63, 3.8) is 0 Å². The molecule has 0 aliphatic heterocycles. The number of hydrogen-bond donors (Lipinski definition) is 1. The molecule has 2 aromatic rings. The van der Waals surface area contributed by atoms with Gasteiger partial charge in [0.15, 0.2) is 0 Å². The molecule has 0 unspecified atom stereocenters. The van der Waals surface area contributed by atoms with E-state index >= 15 is 0 Å². The van der Waals surface area contributed by atoms with Gasteiger partial charge in [-0.25, -0.2) is 0 Å². The SMILES string of the molecule is COc1ccc(CC(=O)NC2(c3ccccc3)CCCC2)cc1. The molecule has 1 saturated carbocycles. The number of nitrogens with one attached hydrogen (secondary N) is 1. The van der Waals surface area contributed by atoms with Crippen LogP contribution in [-0.4, -0.2) is 13.0 Å². The van der Waals surface area contributed by atoms with Crippen LogP contribution in [0.2, 0.25) is 0 Å². The number of benzene rings is 2. The minimum absolute atomic E-state index is 0.0842. The van der Waals surface area contributed by atoms with E-state index in [-0.39, 0.29) is 11.4 Å². The van der Waals surface area contributed by atoms with Crippen molar-refractivity contribution in [1.82, 2.24) is 5.32 Å². The fraction of sp³-hybridized carbons (Fsp3) is 0.350. The molecule has 1 aliphatic carbocycles. The van der Waals surface area contributed by atoms with Crippen LogP contribution in [0, 0.1) is 0 Å². The zero-order valence-corrected chi connectivity index (χ0v) is 13.5. The highest BCUT2D eigenvalue weighted by Crippen LogP contribution is 2.38. The third-order valence-corrected chi connectivity index (χ3v) is 4.69. The predicted octanol–water partition coefficient (Wildman–Crippen LogP) is 3.82. The number of carbonyl (C=O) groups is 1. The normalized spacial score (nSPS) is 16.0. The van der Waals surface area contributed by atoms with Gasteiger partial charge >= 0.3 is 0 Å². The van der Waals surface area contributed by atoms with E-state index in [9.17, 15) is 4.79 Å². The quantitative estimate of drug-likeness (QED) is 0.911. The second kappa shape index (κ2) is 6.86. The summed E-state index contributed by atoms with van der Waals surface area (Å²) in [6.45, 7) is 0. The molecule has 3 nitrogen and oxygen atoms in total. The number of amides is 1. The molecule has 0 heterocycles. The lowest BCUT2D eigenvalue weighted by Gasteiger charge is -2.31. The molecule has 0 aromatic heterocycles. The predicted molar refractivity (Wildman–Crippen MR) is 91.4 cm³/mol. The summed E-state index contributed by atoms with van der Waals surface area (Å²) in [5.41, 5.74) is 2.04. The number of hydrogen-bond acceptors (Lipinski definition) is 2. The standard InChI is InChI=1S/C20H23NO2/c1-23-18-11-9-16(10-12-18)15-19(22)21-20(13-5-6-14-20)17-7-3-2-4-8-17/h2-4,7-12H,5-6,13-15H2,1H3,(H,21,22). The minimum atomic E-state index is -0.190. The first-order valence-electron chi connectivity index (χ1n) is 8.21. The fourth-order valence-corrected chi connectivity index (χ4v) is 3.46. The zero-order valence-electron chi connectivity index (χ0n) is 13.5. The van der Waals surface area contributed by atoms with Gasteiger partial charge in [-0.2, -0.15) is 0 Å². The number of methoxy groups -OCH3 is 1. The second-order valence-corrected chi connectivity index (χ2v) is 6.23. The lowest BCUT2D eigenvalue weighted by atomic mass is 9.88. The maximum Gasteiger partial charge on any atom is 0.225 e. The van der Waals surface area contributed by atoms with Crippen molar-refractivity contribution in [3.05, 3.63) is 65.7 Å². The highest BCUT2D eigenvalue weighted by molar-refractivity contribution is 5.79. The van der Waals surface area contributed by atoms with Crippen LogP contribution in [0.15, 0.2) is 54.6 Å². The minimum Gasteiger partial charge on any atom is -0.497 e. The van der Waals surface area contributed by atoms with Crippen LogP contribution in [-0.2, 0) is 16.8 Å². The molecule has 3 heteroatoms. The van der Waals surface area contributed by atoms with Gasteiger partial charge in [-0.1, -0.05) is 55.3 Å². The molecule has 1 aliphatic rings. The summed E-state index contributed by atoms with van der Waals surface area (Å²) >= 11 is 0. The lowest BCUT2D eigenvalue weighted by molar-refractivity contribution is -0.122. The van der Waals surface area contributed by atoms with Gasteiger partial charge in [-0.05, 0) is 36.1 Å². The summed E-state index contributed by atoms with van der Waals surface area (Å²) in [7, 11) is 1.64. The summed E-state index contributed by atoms with van der Waals surface area (Å²) in [5, 5.41) is 3.32. The van der Waals surface area contributed by atoms with Crippen molar-refractivity contribution in [2.75, 3.05) is 7.11 Å². The van der Waals surface area contributed by atoms with Crippen molar-refractivity contribution in [3.8, 4) is 5.75 Å². The van der Waals surface area contributed by atoms with E-state index in [4.69, 9.17) is 4.74 Å². The Morgan fingerprint density at radius 2 is 1.70 bits per heavy atom. The van der Waals surface area contributed by atoms with E-state index in [2.05, 4.69) is 17.4 Å². The van der Waals surface area contributed by atoms with E-state index in [1.54, 1.807) is 7.11 Å². The van der Waals surface area contributed by atoms with Gasteiger partial charge in [0.2, 0.25) is 5.91 Å². The Hall–Kier alpha value is -2.29. The van der Waals surface area contributed by atoms with Crippen molar-refractivity contribution < 1.29 is 9.53 Å². The summed E-state index contributed by atoms with van der Waals surface area (Å²) < 4.78 is 5.16. The number of rotatable bonds is 5. The summed E-state index contributed by atoms with van der Waals surface area (Å²) in [4.78, 5) is 12.6. The van der Waals surface area contributed by atoms with Crippen LogP contribution < -0.4 is 10.1 Å². The van der Waals surface area contributed by atoms with Crippen molar-refractivity contribution in [1.29, 1.82) is 0 Å². The molecule has 0 bridgehead atoms. The smallest absolute Gasteiger partial charge is 0.225 e. The van der Waals surface area contributed by atoms with Crippen LogP contribution >= 0.6 is 0 Å². The molecular weight excluding hydrogens is 286 g/mol. The molecule has 1 amide bonds. The Bertz CT molecular complexity index is 643. The van der Waals surface area contributed by atoms with Gasteiger partial charge in [0.1, 0.15) is 5.75 Å². The summed E-state index contributed by atoms with van der Waals surface area (Å²) in [6, 6.07) is 18.0. The molecule has 0 radical (unpaired) electrons. The van der Waals surface area contributed by atoms with Crippen LogP contribution in [0.5, 0.6) is 5.75 Å². The Morgan fingerprint density at radius 1 is 1.04 bits per heavy atom. The van der Waals surface area contributed by atoms with Crippen LogP contribution in [0.3, 0.4) is 0 Å². The first kappa shape index (κ1) is 15.6. The molecule has 1 fully saturated rings. The molecule has 0 saturated heterocycles. The van der Waals surface area contributed by atoms with Gasteiger partial charge in [-0.3, -0.25) is 4.79 Å². The van der Waals surface area contributed by atoms with Gasteiger partial charge in [-0.15, -0.1) is 0 Å². The van der Waals surface area contributed by atoms with E-state index < -0.39 is 0 Å². The molecule has 23 heavy (non-hydrogen) atoms. The average molecular weight is 309 g/mol. The van der Waals surface area contributed by atoms with Gasteiger partial charge in [0, 0.05) is 0 Å². The molecule has 3 rings (SSSR count). The van der Waals surface area contributed by atoms with Crippen molar-refractivity contribution >= 4 is 5.91 Å². The first-order chi connectivity index (χ1) is 11.2. The largest absolute Gasteiger partial charge is 0.497 e. The zero-order chi connectivity index (χ0) is 16.1. The molecule has 120 valence electrons. The third kappa shape index (κ3) is 3.55. The number of ether oxygens (including phenoxy) is 1. The second-order valence-electron chi connectivity index (χ2n) is 6.23. The highest BCUT2D eigenvalue weighted by atomic mass is 16.5. The molecule has 0 spiro atoms. The Morgan fingerprint density at radius 3 is 2.30 bits per heavy atom. The monoisotopic (exact) mass is 309 g/mol. The fourth-order valence-electron chi connectivity index (χ4n) is 3.46. The van der Waals surface area contributed by atoms with Gasteiger partial charge in [0.05, 0.1) is 19.1 Å². The van der Waals surface area contributed by atoms with E-state index in [0.717, 1.165) is 37.0 Å². The Kier molecular flexibility index (Phi) is 4.65. The molecule has 1 N–H and O–H groups in total. The van der Waals surface area contributed by atoms with Gasteiger partial charge in [0.25, 0.3) is 0 Å². The Balaban J connectivity index is 1.71. The Labute approximate surface area is 137 Å². The molecule has 0 atom stereocenters. The van der Waals surface area contributed by atoms with E-state index in [0.29, 0.717) is 6.42 Å². The van der Waals surface area contributed by atoms with Crippen molar-refractivity contribution in [2.24, 2.45) is 0 Å². The molecule has 2 aromatic carbocycles. The first-order valence-corrected chi connectivity index (χ1v) is 8.21. The maximum absolute atomic E-state index is 12.6. The highest BCUT2D eigenvalue weighted by Gasteiger charge is 2.36. The topological polar surface area (TPSA) is 38.3 Å². The summed E-state index contributed by atoms with van der Waals surface area (Å²) in [5.74, 6) is 0.895. The molecular formula is C20H23NO2. The number of carbonyl (C=O) groups excluding carboxylic acids is 1. The van der Waals surface area contributed by atoms with Crippen LogP contribution in [0.4, 0.5) is 0 Å². The van der Waals surface area contributed by atoms with E-state index in [1.165, 1.54) is 5.56 Å². The van der Waals surface area contributed by atoms with E-state index in [1.807, 2.05) is 42.5 Å². The third-order valence-electron chi connectivity index (χ3n) is 4.69. The van der Waals surface area contributed by atoms with Gasteiger partial charge < -0.3 is 10.1 Å². The van der Waals surface area contributed by atoms with Crippen LogP contribution in [0.25, 0.3) is 0 Å². The summed E-state index contributed by atoms with van der Waals surface area (Å²) in [6.07, 6.45) is 4.77. The van der Waals surface area contributed by atoms with Crippen molar-refractivity contribution in [2.45, 2.75) is 37.6 Å². The average Bonchev–Trinajstić information content (AvgIpc) is 3.06. The lowest BCUT2D eigenvalue weighted by Crippen LogP contribution is -2.44. The van der Waals surface area contributed by atoms with Crippen LogP contribution in [0.1, 0.15) is 36.8 Å². The maximum atomic E-state index is 12.6.